The molecule has 0 amide bonds. The average Bonchev–Trinajstić information content (AvgIpc) is 2.42. The number of hydrogen-bond donors (Lipinski definition) is 2. The maximum atomic E-state index is 11.0. The minimum absolute atomic E-state index is 0.106. The Morgan fingerprint density at radius 3 is 2.57 bits per heavy atom. The van der Waals surface area contributed by atoms with E-state index in [0.29, 0.717) is 12.8 Å². The van der Waals surface area contributed by atoms with Gasteiger partial charge in [-0.2, -0.15) is 0 Å². The van der Waals surface area contributed by atoms with Gasteiger partial charge in [-0.05, 0) is 12.8 Å². The molecule has 0 aromatic carbocycles. The van der Waals surface area contributed by atoms with Gasteiger partial charge in [0, 0.05) is 7.11 Å². The Labute approximate surface area is 132 Å². The van der Waals surface area contributed by atoms with Gasteiger partial charge in [-0.3, -0.25) is 10.1 Å². The summed E-state index contributed by atoms with van der Waals surface area (Å²) in [7, 11) is 1.48. The fourth-order valence-electron chi connectivity index (χ4n) is 1.85. The van der Waals surface area contributed by atoms with E-state index in [1.54, 1.807) is 0 Å². The van der Waals surface area contributed by atoms with Crippen LogP contribution < -0.4 is 11.5 Å². The molecular formula is C11H15N5O3S2. The van der Waals surface area contributed by atoms with E-state index in [0.717, 1.165) is 6.20 Å². The van der Waals surface area contributed by atoms with Gasteiger partial charge in [-0.25, -0.2) is 9.97 Å². The lowest BCUT2D eigenvalue weighted by Gasteiger charge is -2.18. The van der Waals surface area contributed by atoms with Crippen LogP contribution in [0.1, 0.15) is 24.5 Å². The number of thiocarbonyl (C=S) groups is 2. The third kappa shape index (κ3) is 4.62. The zero-order chi connectivity index (χ0) is 16.0. The van der Waals surface area contributed by atoms with Crippen LogP contribution in [-0.4, -0.2) is 38.1 Å². The van der Waals surface area contributed by atoms with Crippen LogP contribution in [0.25, 0.3) is 0 Å². The maximum absolute atomic E-state index is 11.0. The summed E-state index contributed by atoms with van der Waals surface area (Å²) in [5.74, 6) is -0.574. The summed E-state index contributed by atoms with van der Waals surface area (Å²) in [6, 6.07) is 0. The summed E-state index contributed by atoms with van der Waals surface area (Å²) in [5, 5.41) is 11.0. The molecule has 1 aromatic heterocycles. The van der Waals surface area contributed by atoms with Crippen molar-refractivity contribution in [2.45, 2.75) is 24.9 Å². The first-order valence-electron chi connectivity index (χ1n) is 5.94. The van der Waals surface area contributed by atoms with E-state index in [9.17, 15) is 10.1 Å². The van der Waals surface area contributed by atoms with Gasteiger partial charge in [0.25, 0.3) is 0 Å². The molecule has 114 valence electrons. The number of hydrogen-bond acceptors (Lipinski definition) is 7. The molecule has 2 unspecified atom stereocenters. The van der Waals surface area contributed by atoms with Crippen LogP contribution in [-0.2, 0) is 4.74 Å². The second-order valence-corrected chi connectivity index (χ2v) is 5.15. The molecule has 0 saturated heterocycles. The van der Waals surface area contributed by atoms with Gasteiger partial charge in [-0.1, -0.05) is 24.4 Å². The Hall–Kier alpha value is -1.78. The zero-order valence-corrected chi connectivity index (χ0v) is 12.9. The summed E-state index contributed by atoms with van der Waals surface area (Å²) in [6.45, 7) is 0. The molecular weight excluding hydrogens is 314 g/mol. The number of nitro groups is 1. The largest absolute Gasteiger partial charge is 0.393 e. The Balaban J connectivity index is 3.01. The van der Waals surface area contributed by atoms with Crippen LogP contribution in [0.4, 0.5) is 5.69 Å². The number of aromatic nitrogens is 2. The fraction of sp³-hybridized carbons (Fsp3) is 0.455. The smallest absolute Gasteiger partial charge is 0.309 e. The molecule has 0 spiro atoms. The highest BCUT2D eigenvalue weighted by Crippen LogP contribution is 2.28. The van der Waals surface area contributed by atoms with Crippen molar-refractivity contribution in [1.82, 2.24) is 9.97 Å². The lowest BCUT2D eigenvalue weighted by molar-refractivity contribution is -0.386. The van der Waals surface area contributed by atoms with E-state index in [1.807, 2.05) is 0 Å². The molecule has 21 heavy (non-hydrogen) atoms. The first-order chi connectivity index (χ1) is 9.88. The van der Waals surface area contributed by atoms with Gasteiger partial charge in [0.15, 0.2) is 0 Å². The third-order valence-electron chi connectivity index (χ3n) is 2.91. The number of nitrogens with zero attached hydrogens (tertiary/aromatic N) is 3. The zero-order valence-electron chi connectivity index (χ0n) is 11.3. The Bertz CT molecular complexity index is 554. The van der Waals surface area contributed by atoms with E-state index in [-0.39, 0.29) is 21.4 Å². The van der Waals surface area contributed by atoms with Crippen molar-refractivity contribution in [3.63, 3.8) is 0 Å². The highest BCUT2D eigenvalue weighted by Gasteiger charge is 2.27. The lowest BCUT2D eigenvalue weighted by atomic mass is 9.96. The molecule has 0 aliphatic heterocycles. The third-order valence-corrected chi connectivity index (χ3v) is 3.46. The summed E-state index contributed by atoms with van der Waals surface area (Å²) in [5.41, 5.74) is 11.2. The van der Waals surface area contributed by atoms with Gasteiger partial charge < -0.3 is 16.2 Å². The van der Waals surface area contributed by atoms with Crippen LogP contribution in [0.15, 0.2) is 12.5 Å². The molecule has 2 atom stereocenters. The Kier molecular flexibility index (Phi) is 6.46. The van der Waals surface area contributed by atoms with Crippen molar-refractivity contribution >= 4 is 40.1 Å². The van der Waals surface area contributed by atoms with Crippen LogP contribution in [0.5, 0.6) is 0 Å². The van der Waals surface area contributed by atoms with Crippen molar-refractivity contribution in [1.29, 1.82) is 0 Å². The van der Waals surface area contributed by atoms with E-state index >= 15 is 0 Å². The molecule has 0 aliphatic carbocycles. The molecule has 0 fully saturated rings. The first kappa shape index (κ1) is 17.3. The highest BCUT2D eigenvalue weighted by atomic mass is 32.1. The molecule has 1 heterocycles. The van der Waals surface area contributed by atoms with Crippen molar-refractivity contribution in [3.05, 3.63) is 28.3 Å². The topological polar surface area (TPSA) is 130 Å². The number of rotatable bonds is 8. The van der Waals surface area contributed by atoms with Crippen LogP contribution in [0.2, 0.25) is 0 Å². The molecule has 0 radical (unpaired) electrons. The molecule has 4 N–H and O–H groups in total. The molecule has 0 saturated carbocycles. The summed E-state index contributed by atoms with van der Waals surface area (Å²) in [6.07, 6.45) is 2.69. The van der Waals surface area contributed by atoms with Crippen molar-refractivity contribution in [2.24, 2.45) is 11.5 Å². The SMILES string of the molecule is COC(CCC(C(N)=S)c1ncncc1[N+](=O)[O-])C(N)=S. The van der Waals surface area contributed by atoms with E-state index < -0.39 is 16.9 Å². The Morgan fingerprint density at radius 2 is 2.10 bits per heavy atom. The van der Waals surface area contributed by atoms with Crippen molar-refractivity contribution < 1.29 is 9.66 Å². The lowest BCUT2D eigenvalue weighted by Crippen LogP contribution is -2.30. The summed E-state index contributed by atoms with van der Waals surface area (Å²) < 4.78 is 5.14. The highest BCUT2D eigenvalue weighted by molar-refractivity contribution is 7.80. The number of methoxy groups -OCH3 is 1. The van der Waals surface area contributed by atoms with E-state index in [2.05, 4.69) is 9.97 Å². The molecule has 10 heteroatoms. The monoisotopic (exact) mass is 329 g/mol. The van der Waals surface area contributed by atoms with Crippen LogP contribution in [0, 0.1) is 10.1 Å². The van der Waals surface area contributed by atoms with E-state index in [4.69, 9.17) is 40.6 Å². The normalized spacial score (nSPS) is 13.4. The number of ether oxygens (including phenoxy) is 1. The molecule has 0 bridgehead atoms. The predicted molar refractivity (Wildman–Crippen MR) is 85.0 cm³/mol. The second kappa shape index (κ2) is 7.86. The molecule has 8 nitrogen and oxygen atoms in total. The standard InChI is InChI=1S/C11H15N5O3S2/c1-19-8(11(13)21)3-2-6(10(12)20)9-7(16(17)18)4-14-5-15-9/h4-6,8H,2-3H2,1H3,(H2,12,20)(H2,13,21). The minimum atomic E-state index is -0.574. The second-order valence-electron chi connectivity index (χ2n) is 4.21. The fourth-order valence-corrected chi connectivity index (χ4v) is 2.29. The van der Waals surface area contributed by atoms with Gasteiger partial charge in [0.1, 0.15) is 29.3 Å². The van der Waals surface area contributed by atoms with Crippen LogP contribution >= 0.6 is 24.4 Å². The average molecular weight is 329 g/mol. The van der Waals surface area contributed by atoms with Crippen molar-refractivity contribution in [3.8, 4) is 0 Å². The molecule has 1 aromatic rings. The first-order valence-corrected chi connectivity index (χ1v) is 6.75. The minimum Gasteiger partial charge on any atom is -0.393 e. The predicted octanol–water partition coefficient (Wildman–Crippen LogP) is 0.836. The summed E-state index contributed by atoms with van der Waals surface area (Å²) in [4.78, 5) is 18.4. The van der Waals surface area contributed by atoms with Gasteiger partial charge >= 0.3 is 5.69 Å². The van der Waals surface area contributed by atoms with Crippen molar-refractivity contribution in [2.75, 3.05) is 7.11 Å². The molecule has 1 rings (SSSR count). The summed E-state index contributed by atoms with van der Waals surface area (Å²) >= 11 is 9.86. The van der Waals surface area contributed by atoms with Crippen LogP contribution in [0.3, 0.4) is 0 Å². The number of nitrogens with two attached hydrogens (primary N) is 2. The van der Waals surface area contributed by atoms with Gasteiger partial charge in [-0.15, -0.1) is 0 Å². The molecule has 0 aliphatic rings. The van der Waals surface area contributed by atoms with Gasteiger partial charge in [0.05, 0.1) is 15.8 Å². The quantitative estimate of drug-likeness (QED) is 0.404. The van der Waals surface area contributed by atoms with Gasteiger partial charge in [0.2, 0.25) is 0 Å². The Morgan fingerprint density at radius 1 is 1.43 bits per heavy atom. The maximum Gasteiger partial charge on any atom is 0.309 e. The van der Waals surface area contributed by atoms with E-state index in [1.165, 1.54) is 13.4 Å².